The molecular formula is C13H16N2O3. The zero-order chi connectivity index (χ0) is 13.0. The molecule has 18 heavy (non-hydrogen) atoms. The van der Waals surface area contributed by atoms with Gasteiger partial charge in [-0.2, -0.15) is 0 Å². The van der Waals surface area contributed by atoms with E-state index in [1.807, 2.05) is 18.2 Å². The molecule has 0 aliphatic heterocycles. The van der Waals surface area contributed by atoms with Gasteiger partial charge in [0.1, 0.15) is 23.5 Å². The van der Waals surface area contributed by atoms with Crippen molar-refractivity contribution in [2.75, 3.05) is 20.8 Å². The van der Waals surface area contributed by atoms with Gasteiger partial charge in [-0.05, 0) is 25.1 Å². The average Bonchev–Trinajstić information content (AvgIpc) is 2.86. The van der Waals surface area contributed by atoms with E-state index in [9.17, 15) is 0 Å². The van der Waals surface area contributed by atoms with E-state index in [0.29, 0.717) is 18.7 Å². The van der Waals surface area contributed by atoms with E-state index in [4.69, 9.17) is 19.7 Å². The van der Waals surface area contributed by atoms with Crippen molar-refractivity contribution in [1.82, 2.24) is 5.16 Å². The number of aromatic nitrogens is 1. The highest BCUT2D eigenvalue weighted by Gasteiger charge is 2.15. The lowest BCUT2D eigenvalue weighted by Gasteiger charge is -2.09. The molecule has 0 radical (unpaired) electrons. The standard InChI is InChI=1S/C13H16N2O3/c1-16-10-3-4-11(12(7-10)17-2)13-9(5-6-14)8-18-15-13/h3-4,7-8H,5-6,14H2,1-2H3. The summed E-state index contributed by atoms with van der Waals surface area (Å²) in [5.41, 5.74) is 8.17. The smallest absolute Gasteiger partial charge is 0.132 e. The molecule has 5 nitrogen and oxygen atoms in total. The predicted molar refractivity (Wildman–Crippen MR) is 67.8 cm³/mol. The van der Waals surface area contributed by atoms with Crippen LogP contribution >= 0.6 is 0 Å². The third-order valence-corrected chi connectivity index (χ3v) is 2.72. The first kappa shape index (κ1) is 12.4. The van der Waals surface area contributed by atoms with Crippen molar-refractivity contribution in [3.8, 4) is 22.8 Å². The highest BCUT2D eigenvalue weighted by atomic mass is 16.5. The Bertz CT molecular complexity index is 523. The lowest BCUT2D eigenvalue weighted by atomic mass is 10.0. The van der Waals surface area contributed by atoms with Gasteiger partial charge in [-0.15, -0.1) is 0 Å². The molecule has 0 unspecified atom stereocenters. The van der Waals surface area contributed by atoms with Crippen LogP contribution in [0.2, 0.25) is 0 Å². The zero-order valence-corrected chi connectivity index (χ0v) is 10.5. The lowest BCUT2D eigenvalue weighted by molar-refractivity contribution is 0.394. The van der Waals surface area contributed by atoms with Crippen molar-refractivity contribution in [3.05, 3.63) is 30.0 Å². The van der Waals surface area contributed by atoms with Gasteiger partial charge in [0.25, 0.3) is 0 Å². The van der Waals surface area contributed by atoms with Crippen molar-refractivity contribution < 1.29 is 14.0 Å². The third-order valence-electron chi connectivity index (χ3n) is 2.72. The summed E-state index contributed by atoms with van der Waals surface area (Å²) >= 11 is 0. The summed E-state index contributed by atoms with van der Waals surface area (Å²) in [5.74, 6) is 1.43. The predicted octanol–water partition coefficient (Wildman–Crippen LogP) is 1.86. The van der Waals surface area contributed by atoms with Crippen LogP contribution in [0.25, 0.3) is 11.3 Å². The molecule has 2 rings (SSSR count). The molecule has 96 valence electrons. The molecule has 1 aromatic carbocycles. The van der Waals surface area contributed by atoms with Crippen LogP contribution in [0.15, 0.2) is 29.0 Å². The first-order chi connectivity index (χ1) is 8.80. The summed E-state index contributed by atoms with van der Waals surface area (Å²) in [5, 5.41) is 4.02. The minimum Gasteiger partial charge on any atom is -0.497 e. The van der Waals surface area contributed by atoms with Crippen molar-refractivity contribution in [2.45, 2.75) is 6.42 Å². The van der Waals surface area contributed by atoms with Gasteiger partial charge in [0.2, 0.25) is 0 Å². The topological polar surface area (TPSA) is 70.5 Å². The van der Waals surface area contributed by atoms with Crippen LogP contribution in [-0.2, 0) is 6.42 Å². The molecule has 2 aromatic rings. The Balaban J connectivity index is 2.46. The number of benzene rings is 1. The monoisotopic (exact) mass is 248 g/mol. The number of nitrogens with zero attached hydrogens (tertiary/aromatic N) is 1. The van der Waals surface area contributed by atoms with Crippen LogP contribution < -0.4 is 15.2 Å². The van der Waals surface area contributed by atoms with E-state index in [1.165, 1.54) is 0 Å². The Morgan fingerprint density at radius 2 is 2.11 bits per heavy atom. The normalized spacial score (nSPS) is 10.4. The molecule has 0 amide bonds. The van der Waals surface area contributed by atoms with E-state index in [-0.39, 0.29) is 0 Å². The summed E-state index contributed by atoms with van der Waals surface area (Å²) in [6.07, 6.45) is 2.33. The van der Waals surface area contributed by atoms with Gasteiger partial charge < -0.3 is 19.7 Å². The fourth-order valence-electron chi connectivity index (χ4n) is 1.81. The van der Waals surface area contributed by atoms with E-state index < -0.39 is 0 Å². The Labute approximate surface area is 105 Å². The van der Waals surface area contributed by atoms with Crippen molar-refractivity contribution in [3.63, 3.8) is 0 Å². The minimum absolute atomic E-state index is 0.548. The molecule has 5 heteroatoms. The zero-order valence-electron chi connectivity index (χ0n) is 10.5. The van der Waals surface area contributed by atoms with Crippen LogP contribution in [0.1, 0.15) is 5.56 Å². The molecule has 2 N–H and O–H groups in total. The highest BCUT2D eigenvalue weighted by Crippen LogP contribution is 2.34. The Kier molecular flexibility index (Phi) is 3.84. The van der Waals surface area contributed by atoms with Crippen molar-refractivity contribution >= 4 is 0 Å². The molecule has 0 spiro atoms. The van der Waals surface area contributed by atoms with Gasteiger partial charge in [0, 0.05) is 17.2 Å². The van der Waals surface area contributed by atoms with Crippen LogP contribution in [0, 0.1) is 0 Å². The maximum atomic E-state index is 5.56. The molecule has 0 aliphatic carbocycles. The molecule has 1 aromatic heterocycles. The van der Waals surface area contributed by atoms with Crippen LogP contribution in [0.3, 0.4) is 0 Å². The number of methoxy groups -OCH3 is 2. The Morgan fingerprint density at radius 3 is 2.78 bits per heavy atom. The number of hydrogen-bond donors (Lipinski definition) is 1. The minimum atomic E-state index is 0.548. The second kappa shape index (κ2) is 5.55. The maximum Gasteiger partial charge on any atom is 0.132 e. The fraction of sp³-hybridized carbons (Fsp3) is 0.308. The Morgan fingerprint density at radius 1 is 1.28 bits per heavy atom. The Hall–Kier alpha value is -2.01. The molecule has 0 atom stereocenters. The molecule has 0 fully saturated rings. The first-order valence-corrected chi connectivity index (χ1v) is 5.66. The van der Waals surface area contributed by atoms with Crippen molar-refractivity contribution in [2.24, 2.45) is 5.73 Å². The molecule has 0 bridgehead atoms. The van der Waals surface area contributed by atoms with Gasteiger partial charge >= 0.3 is 0 Å². The molecule has 1 heterocycles. The van der Waals surface area contributed by atoms with E-state index in [1.54, 1.807) is 20.5 Å². The first-order valence-electron chi connectivity index (χ1n) is 5.66. The maximum absolute atomic E-state index is 5.56. The second-order valence-corrected chi connectivity index (χ2v) is 3.79. The average molecular weight is 248 g/mol. The summed E-state index contributed by atoms with van der Waals surface area (Å²) < 4.78 is 15.5. The van der Waals surface area contributed by atoms with Crippen LogP contribution in [0.4, 0.5) is 0 Å². The number of nitrogens with two attached hydrogens (primary N) is 1. The largest absolute Gasteiger partial charge is 0.497 e. The van der Waals surface area contributed by atoms with E-state index in [2.05, 4.69) is 5.16 Å². The second-order valence-electron chi connectivity index (χ2n) is 3.79. The molecule has 0 saturated carbocycles. The van der Waals surface area contributed by atoms with Gasteiger partial charge in [-0.25, -0.2) is 0 Å². The van der Waals surface area contributed by atoms with Gasteiger partial charge in [-0.3, -0.25) is 0 Å². The van der Waals surface area contributed by atoms with E-state index >= 15 is 0 Å². The fourth-order valence-corrected chi connectivity index (χ4v) is 1.81. The summed E-state index contributed by atoms with van der Waals surface area (Å²) in [4.78, 5) is 0. The lowest BCUT2D eigenvalue weighted by Crippen LogP contribution is -2.03. The third kappa shape index (κ3) is 2.31. The van der Waals surface area contributed by atoms with Gasteiger partial charge in [0.15, 0.2) is 0 Å². The summed E-state index contributed by atoms with van der Waals surface area (Å²) in [6.45, 7) is 0.548. The number of ether oxygens (including phenoxy) is 2. The number of rotatable bonds is 5. The summed E-state index contributed by atoms with van der Waals surface area (Å²) in [6, 6.07) is 5.57. The van der Waals surface area contributed by atoms with Gasteiger partial charge in [-0.1, -0.05) is 5.16 Å². The molecule has 0 aliphatic rings. The molecule has 0 saturated heterocycles. The number of hydrogen-bond acceptors (Lipinski definition) is 5. The highest BCUT2D eigenvalue weighted by molar-refractivity contribution is 5.70. The van der Waals surface area contributed by atoms with Crippen molar-refractivity contribution in [1.29, 1.82) is 0 Å². The van der Waals surface area contributed by atoms with Crippen LogP contribution in [-0.4, -0.2) is 25.9 Å². The van der Waals surface area contributed by atoms with Crippen LogP contribution in [0.5, 0.6) is 11.5 Å². The summed E-state index contributed by atoms with van der Waals surface area (Å²) in [7, 11) is 3.23. The molecular weight excluding hydrogens is 232 g/mol. The quantitative estimate of drug-likeness (QED) is 0.874. The van der Waals surface area contributed by atoms with Gasteiger partial charge in [0.05, 0.1) is 14.2 Å². The SMILES string of the molecule is COc1ccc(-c2nocc2CCN)c(OC)c1. The van der Waals surface area contributed by atoms with E-state index in [0.717, 1.165) is 22.6 Å².